The summed E-state index contributed by atoms with van der Waals surface area (Å²) in [7, 11) is 1.58. The van der Waals surface area contributed by atoms with Crippen molar-refractivity contribution in [3.05, 3.63) is 95.3 Å². The average molecular weight is 503 g/mol. The summed E-state index contributed by atoms with van der Waals surface area (Å²) >= 11 is 1.42. The van der Waals surface area contributed by atoms with Gasteiger partial charge in [-0.2, -0.15) is 4.99 Å². The number of hydrogen-bond acceptors (Lipinski definition) is 6. The van der Waals surface area contributed by atoms with Gasteiger partial charge in [-0.1, -0.05) is 54.2 Å². The van der Waals surface area contributed by atoms with E-state index in [1.807, 2.05) is 48.5 Å². The van der Waals surface area contributed by atoms with Crippen LogP contribution in [0.2, 0.25) is 0 Å². The number of hydrogen-bond donors (Lipinski definition) is 1. The molecule has 3 aromatic carbocycles. The lowest BCUT2D eigenvalue weighted by atomic mass is 10.1. The lowest BCUT2D eigenvalue weighted by Crippen LogP contribution is -2.45. The summed E-state index contributed by atoms with van der Waals surface area (Å²) in [5, 5.41) is 3.46. The molecule has 0 saturated heterocycles. The molecule has 0 fully saturated rings. The number of benzene rings is 3. The Hall–Kier alpha value is -3.98. The molecule has 0 bridgehead atoms. The number of nitrogens with zero attached hydrogens (tertiary/aromatic N) is 3. The molecule has 1 N–H and O–H groups in total. The average Bonchev–Trinajstić information content (AvgIpc) is 3.23. The van der Waals surface area contributed by atoms with Gasteiger partial charge in [-0.3, -0.25) is 14.5 Å². The van der Waals surface area contributed by atoms with Gasteiger partial charge >= 0.3 is 0 Å². The second-order valence-electron chi connectivity index (χ2n) is 8.28. The molecular weight excluding hydrogens is 479 g/mol. The molecule has 3 aromatic rings. The molecule has 9 heteroatoms. The van der Waals surface area contributed by atoms with E-state index in [4.69, 9.17) is 9.73 Å². The van der Waals surface area contributed by atoms with Crippen molar-refractivity contribution in [1.29, 1.82) is 0 Å². The van der Waals surface area contributed by atoms with E-state index in [0.717, 1.165) is 16.7 Å². The van der Waals surface area contributed by atoms with Gasteiger partial charge in [0.15, 0.2) is 5.17 Å². The van der Waals surface area contributed by atoms with Crippen molar-refractivity contribution < 1.29 is 18.7 Å². The summed E-state index contributed by atoms with van der Waals surface area (Å²) in [6.45, 7) is 0.278. The van der Waals surface area contributed by atoms with Gasteiger partial charge in [0.1, 0.15) is 23.4 Å². The van der Waals surface area contributed by atoms with E-state index in [-0.39, 0.29) is 30.6 Å². The molecular formula is C27H23FN4O3S. The Balaban J connectivity index is 1.35. The number of methoxy groups -OCH3 is 1. The van der Waals surface area contributed by atoms with Crippen molar-refractivity contribution in [2.75, 3.05) is 7.11 Å². The summed E-state index contributed by atoms with van der Waals surface area (Å²) in [5.74, 6) is 0.730. The minimum atomic E-state index is -0.800. The van der Waals surface area contributed by atoms with Gasteiger partial charge in [0.25, 0.3) is 5.91 Å². The zero-order chi connectivity index (χ0) is 25.1. The first-order valence-electron chi connectivity index (χ1n) is 11.4. The molecule has 1 unspecified atom stereocenters. The third-order valence-electron chi connectivity index (χ3n) is 5.94. The van der Waals surface area contributed by atoms with Crippen molar-refractivity contribution in [2.45, 2.75) is 24.8 Å². The number of amides is 2. The van der Waals surface area contributed by atoms with Crippen molar-refractivity contribution >= 4 is 40.3 Å². The zero-order valence-electron chi connectivity index (χ0n) is 19.5. The van der Waals surface area contributed by atoms with E-state index < -0.39 is 6.04 Å². The van der Waals surface area contributed by atoms with E-state index in [0.29, 0.717) is 28.2 Å². The van der Waals surface area contributed by atoms with E-state index in [9.17, 15) is 14.0 Å². The fraction of sp³-hybridized carbons (Fsp3) is 0.185. The highest BCUT2D eigenvalue weighted by molar-refractivity contribution is 8.13. The molecule has 2 heterocycles. The van der Waals surface area contributed by atoms with E-state index >= 15 is 0 Å². The minimum Gasteiger partial charge on any atom is -0.496 e. The number of aliphatic imine (C=N–C) groups is 2. The van der Waals surface area contributed by atoms with Gasteiger partial charge in [0.2, 0.25) is 5.91 Å². The Bertz CT molecular complexity index is 1370. The first kappa shape index (κ1) is 23.7. The van der Waals surface area contributed by atoms with Crippen LogP contribution in [0.4, 0.5) is 10.1 Å². The van der Waals surface area contributed by atoms with Crippen LogP contribution < -0.4 is 10.1 Å². The standard InChI is InChI=1S/C27H23FN4O3S/c1-35-23-9-5-2-6-18(23)15-29-24(33)14-22-26(34)31-25-20-7-3-4-8-21(20)30-27(32(22)25)36-16-17-10-12-19(28)13-11-17/h2-13,22H,14-16H2,1H3,(H,29,33). The highest BCUT2D eigenvalue weighted by atomic mass is 32.2. The van der Waals surface area contributed by atoms with Crippen LogP contribution in [-0.2, 0) is 21.9 Å². The molecule has 0 aliphatic carbocycles. The van der Waals surface area contributed by atoms with Gasteiger partial charge in [-0.15, -0.1) is 0 Å². The van der Waals surface area contributed by atoms with Crippen LogP contribution in [0, 0.1) is 5.82 Å². The normalized spacial score (nSPS) is 16.1. The molecule has 0 saturated carbocycles. The third kappa shape index (κ3) is 4.87. The van der Waals surface area contributed by atoms with Crippen LogP contribution in [0.1, 0.15) is 23.1 Å². The number of carbonyl (C=O) groups excluding carboxylic acids is 2. The summed E-state index contributed by atoms with van der Waals surface area (Å²) in [6.07, 6.45) is -0.0702. The molecule has 2 aliphatic rings. The molecule has 1 atom stereocenters. The number of fused-ring (bicyclic) bond motifs is 3. The molecule has 2 aliphatic heterocycles. The Morgan fingerprint density at radius 3 is 2.61 bits per heavy atom. The molecule has 0 radical (unpaired) electrons. The fourth-order valence-electron chi connectivity index (χ4n) is 4.12. The van der Waals surface area contributed by atoms with Crippen molar-refractivity contribution in [1.82, 2.24) is 10.2 Å². The van der Waals surface area contributed by atoms with E-state index in [2.05, 4.69) is 10.3 Å². The molecule has 7 nitrogen and oxygen atoms in total. The zero-order valence-corrected chi connectivity index (χ0v) is 20.3. The van der Waals surface area contributed by atoms with Crippen LogP contribution in [0.3, 0.4) is 0 Å². The number of ether oxygens (including phenoxy) is 1. The molecule has 182 valence electrons. The number of halogens is 1. The first-order chi connectivity index (χ1) is 17.5. The van der Waals surface area contributed by atoms with Crippen LogP contribution in [-0.4, -0.2) is 40.9 Å². The predicted octanol–water partition coefficient (Wildman–Crippen LogP) is 4.43. The number of nitrogens with one attached hydrogen (secondary N) is 1. The monoisotopic (exact) mass is 502 g/mol. The first-order valence-corrected chi connectivity index (χ1v) is 12.4. The van der Waals surface area contributed by atoms with Crippen LogP contribution in [0.5, 0.6) is 5.75 Å². The molecule has 5 rings (SSSR count). The Kier molecular flexibility index (Phi) is 6.81. The number of rotatable bonds is 7. The quantitative estimate of drug-likeness (QED) is 0.517. The highest BCUT2D eigenvalue weighted by Crippen LogP contribution is 2.35. The maximum absolute atomic E-state index is 13.3. The van der Waals surface area contributed by atoms with Gasteiger partial charge in [-0.05, 0) is 35.9 Å². The van der Waals surface area contributed by atoms with Gasteiger partial charge < -0.3 is 10.1 Å². The lowest BCUT2D eigenvalue weighted by Gasteiger charge is -2.30. The van der Waals surface area contributed by atoms with E-state index in [1.165, 1.54) is 23.9 Å². The lowest BCUT2D eigenvalue weighted by molar-refractivity contribution is -0.126. The summed E-state index contributed by atoms with van der Waals surface area (Å²) in [5.41, 5.74) is 3.21. The van der Waals surface area contributed by atoms with Crippen LogP contribution in [0.25, 0.3) is 0 Å². The summed E-state index contributed by atoms with van der Waals surface area (Å²) in [4.78, 5) is 36.7. The molecule has 0 spiro atoms. The predicted molar refractivity (Wildman–Crippen MR) is 138 cm³/mol. The SMILES string of the molecule is COc1ccccc1CNC(=O)CC1C(=O)N=C2c3ccccc3N=C(SCc3ccc(F)cc3)N21. The van der Waals surface area contributed by atoms with Gasteiger partial charge in [0.05, 0.1) is 19.2 Å². The molecule has 2 amide bonds. The van der Waals surface area contributed by atoms with Crippen molar-refractivity contribution in [2.24, 2.45) is 9.98 Å². The molecule has 0 aromatic heterocycles. The fourth-order valence-corrected chi connectivity index (χ4v) is 5.13. The second-order valence-corrected chi connectivity index (χ2v) is 9.22. The van der Waals surface area contributed by atoms with Gasteiger partial charge in [0, 0.05) is 23.4 Å². The number of carbonyl (C=O) groups is 2. The number of amidine groups is 2. The van der Waals surface area contributed by atoms with Crippen molar-refractivity contribution in [3.8, 4) is 5.75 Å². The number of thioether (sulfide) groups is 1. The Morgan fingerprint density at radius 2 is 1.81 bits per heavy atom. The summed E-state index contributed by atoms with van der Waals surface area (Å²) < 4.78 is 18.7. The van der Waals surface area contributed by atoms with Crippen LogP contribution >= 0.6 is 11.8 Å². The molecule has 36 heavy (non-hydrogen) atoms. The van der Waals surface area contributed by atoms with Crippen LogP contribution in [0.15, 0.2) is 82.8 Å². The van der Waals surface area contributed by atoms with Crippen molar-refractivity contribution in [3.63, 3.8) is 0 Å². The largest absolute Gasteiger partial charge is 0.496 e. The second kappa shape index (κ2) is 10.3. The van der Waals surface area contributed by atoms with Gasteiger partial charge in [-0.25, -0.2) is 9.38 Å². The smallest absolute Gasteiger partial charge is 0.271 e. The highest BCUT2D eigenvalue weighted by Gasteiger charge is 2.42. The topological polar surface area (TPSA) is 83.4 Å². The Morgan fingerprint density at radius 1 is 1.06 bits per heavy atom. The Labute approximate surface area is 212 Å². The summed E-state index contributed by atoms with van der Waals surface area (Å²) in [6, 6.07) is 20.4. The third-order valence-corrected chi connectivity index (χ3v) is 6.96. The minimum absolute atomic E-state index is 0.0702. The maximum atomic E-state index is 13.3. The maximum Gasteiger partial charge on any atom is 0.271 e. The number of para-hydroxylation sites is 2. The van der Waals surface area contributed by atoms with E-state index in [1.54, 1.807) is 24.1 Å².